The molecule has 1 N–H and O–H groups in total. The van der Waals surface area contributed by atoms with Crippen LogP contribution in [0.2, 0.25) is 5.02 Å². The molecule has 4 heteroatoms. The number of rotatable bonds is 6. The number of halogens is 1. The van der Waals surface area contributed by atoms with Gasteiger partial charge in [0, 0.05) is 24.2 Å². The summed E-state index contributed by atoms with van der Waals surface area (Å²) in [4.78, 5) is 14.4. The smallest absolute Gasteiger partial charge is 0.254 e. The highest BCUT2D eigenvalue weighted by atomic mass is 35.5. The van der Waals surface area contributed by atoms with Gasteiger partial charge in [-0.2, -0.15) is 0 Å². The molecule has 0 unspecified atom stereocenters. The van der Waals surface area contributed by atoms with E-state index >= 15 is 0 Å². The maximum Gasteiger partial charge on any atom is 0.254 e. The molecule has 0 fully saturated rings. The molecular formula is C18H21ClN2O. The number of amides is 1. The van der Waals surface area contributed by atoms with E-state index in [1.54, 1.807) is 4.90 Å². The molecule has 0 aromatic heterocycles. The summed E-state index contributed by atoms with van der Waals surface area (Å²) in [7, 11) is 3.73. The average molecular weight is 317 g/mol. The second-order valence-electron chi connectivity index (χ2n) is 5.30. The highest BCUT2D eigenvalue weighted by Gasteiger charge is 2.15. The molecule has 0 bridgehead atoms. The lowest BCUT2D eigenvalue weighted by molar-refractivity contribution is 0.0784. The number of carbonyl (C=O) groups is 1. The SMILES string of the molecule is CNCCc1ccccc1C(=O)N(C)Cc1cccc(Cl)c1. The molecule has 22 heavy (non-hydrogen) atoms. The summed E-state index contributed by atoms with van der Waals surface area (Å²) in [6.07, 6.45) is 0.837. The molecule has 0 spiro atoms. The highest BCUT2D eigenvalue weighted by molar-refractivity contribution is 6.30. The molecule has 0 saturated carbocycles. The molecule has 0 heterocycles. The third-order valence-corrected chi connectivity index (χ3v) is 3.78. The van der Waals surface area contributed by atoms with Gasteiger partial charge in [0.05, 0.1) is 0 Å². The Morgan fingerprint density at radius 1 is 1.18 bits per heavy atom. The van der Waals surface area contributed by atoms with Crippen molar-refractivity contribution >= 4 is 17.5 Å². The second-order valence-corrected chi connectivity index (χ2v) is 5.74. The minimum absolute atomic E-state index is 0.0340. The molecule has 116 valence electrons. The fourth-order valence-electron chi connectivity index (χ4n) is 2.39. The van der Waals surface area contributed by atoms with Crippen LogP contribution in [0.5, 0.6) is 0 Å². The number of nitrogens with one attached hydrogen (secondary N) is 1. The Kier molecular flexibility index (Phi) is 5.99. The van der Waals surface area contributed by atoms with Crippen LogP contribution >= 0.6 is 11.6 Å². The van der Waals surface area contributed by atoms with E-state index in [2.05, 4.69) is 5.32 Å². The third-order valence-electron chi connectivity index (χ3n) is 3.55. The van der Waals surface area contributed by atoms with Crippen LogP contribution < -0.4 is 5.32 Å². The van der Waals surface area contributed by atoms with Crippen molar-refractivity contribution in [3.8, 4) is 0 Å². The zero-order valence-corrected chi connectivity index (χ0v) is 13.7. The fraction of sp³-hybridized carbons (Fsp3) is 0.278. The second kappa shape index (κ2) is 7.97. The zero-order valence-electron chi connectivity index (χ0n) is 13.0. The molecule has 1 amide bonds. The van der Waals surface area contributed by atoms with Gasteiger partial charge in [-0.05, 0) is 49.3 Å². The summed E-state index contributed by atoms with van der Waals surface area (Å²) in [5, 5.41) is 3.81. The first-order valence-corrected chi connectivity index (χ1v) is 7.72. The summed E-state index contributed by atoms with van der Waals surface area (Å²) in [6.45, 7) is 1.39. The monoisotopic (exact) mass is 316 g/mol. The maximum atomic E-state index is 12.7. The molecule has 0 atom stereocenters. The van der Waals surface area contributed by atoms with Crippen molar-refractivity contribution in [2.24, 2.45) is 0 Å². The first-order chi connectivity index (χ1) is 10.6. The molecular weight excluding hydrogens is 296 g/mol. The summed E-state index contributed by atoms with van der Waals surface area (Å²) in [5.41, 5.74) is 2.86. The summed E-state index contributed by atoms with van der Waals surface area (Å²) in [5.74, 6) is 0.0340. The van der Waals surface area contributed by atoms with Crippen molar-refractivity contribution in [3.05, 3.63) is 70.2 Å². The number of nitrogens with zero attached hydrogens (tertiary/aromatic N) is 1. The van der Waals surface area contributed by atoms with Gasteiger partial charge in [-0.1, -0.05) is 41.9 Å². The molecule has 2 rings (SSSR count). The van der Waals surface area contributed by atoms with E-state index in [1.807, 2.05) is 62.6 Å². The van der Waals surface area contributed by atoms with E-state index in [9.17, 15) is 4.79 Å². The predicted octanol–water partition coefficient (Wildman–Crippen LogP) is 3.37. The number of likely N-dealkylation sites (N-methyl/N-ethyl adjacent to an activating group) is 1. The highest BCUT2D eigenvalue weighted by Crippen LogP contribution is 2.16. The number of benzene rings is 2. The van der Waals surface area contributed by atoms with E-state index in [4.69, 9.17) is 11.6 Å². The van der Waals surface area contributed by atoms with Crippen LogP contribution in [0.25, 0.3) is 0 Å². The fourth-order valence-corrected chi connectivity index (χ4v) is 2.61. The van der Waals surface area contributed by atoms with Crippen LogP contribution in [0.1, 0.15) is 21.5 Å². The Labute approximate surface area is 136 Å². The normalized spacial score (nSPS) is 10.5. The Bertz CT molecular complexity index is 642. The van der Waals surface area contributed by atoms with Gasteiger partial charge in [0.2, 0.25) is 0 Å². The first kappa shape index (κ1) is 16.5. The van der Waals surface area contributed by atoms with E-state index in [0.717, 1.165) is 29.7 Å². The number of carbonyl (C=O) groups excluding carboxylic acids is 1. The lowest BCUT2D eigenvalue weighted by Gasteiger charge is -2.19. The molecule has 2 aromatic carbocycles. The molecule has 0 saturated heterocycles. The van der Waals surface area contributed by atoms with Gasteiger partial charge in [-0.25, -0.2) is 0 Å². The largest absolute Gasteiger partial charge is 0.337 e. The summed E-state index contributed by atoms with van der Waals surface area (Å²) in [6, 6.07) is 15.4. The van der Waals surface area contributed by atoms with E-state index in [-0.39, 0.29) is 5.91 Å². The van der Waals surface area contributed by atoms with Crippen LogP contribution in [-0.4, -0.2) is 31.4 Å². The molecule has 0 aliphatic rings. The number of hydrogen-bond donors (Lipinski definition) is 1. The summed E-state index contributed by atoms with van der Waals surface area (Å²) >= 11 is 6.00. The quantitative estimate of drug-likeness (QED) is 0.886. The van der Waals surface area contributed by atoms with Crippen molar-refractivity contribution < 1.29 is 4.79 Å². The maximum absolute atomic E-state index is 12.7. The summed E-state index contributed by atoms with van der Waals surface area (Å²) < 4.78 is 0. The third kappa shape index (κ3) is 4.33. The van der Waals surface area contributed by atoms with Crippen molar-refractivity contribution in [2.45, 2.75) is 13.0 Å². The van der Waals surface area contributed by atoms with Gasteiger partial charge >= 0.3 is 0 Å². The van der Waals surface area contributed by atoms with Crippen molar-refractivity contribution in [2.75, 3.05) is 20.6 Å². The van der Waals surface area contributed by atoms with Crippen molar-refractivity contribution in [1.82, 2.24) is 10.2 Å². The van der Waals surface area contributed by atoms with Gasteiger partial charge in [-0.15, -0.1) is 0 Å². The van der Waals surface area contributed by atoms with Gasteiger partial charge in [0.1, 0.15) is 0 Å². The molecule has 0 radical (unpaired) electrons. The topological polar surface area (TPSA) is 32.3 Å². The average Bonchev–Trinajstić information content (AvgIpc) is 2.52. The Hall–Kier alpha value is -1.84. The first-order valence-electron chi connectivity index (χ1n) is 7.34. The van der Waals surface area contributed by atoms with E-state index in [0.29, 0.717) is 11.6 Å². The minimum Gasteiger partial charge on any atom is -0.337 e. The standard InChI is InChI=1S/C18H21ClN2O/c1-20-11-10-15-7-3-4-9-17(15)18(22)21(2)13-14-6-5-8-16(19)12-14/h3-9,12,20H,10-11,13H2,1-2H3. The molecule has 2 aromatic rings. The van der Waals surface area contributed by atoms with Gasteiger partial charge in [0.15, 0.2) is 0 Å². The van der Waals surface area contributed by atoms with Crippen LogP contribution in [-0.2, 0) is 13.0 Å². The van der Waals surface area contributed by atoms with Crippen LogP contribution in [0.15, 0.2) is 48.5 Å². The van der Waals surface area contributed by atoms with Crippen LogP contribution in [0, 0.1) is 0 Å². The van der Waals surface area contributed by atoms with Crippen LogP contribution in [0.4, 0.5) is 0 Å². The van der Waals surface area contributed by atoms with E-state index in [1.165, 1.54) is 0 Å². The zero-order chi connectivity index (χ0) is 15.9. The Morgan fingerprint density at radius 3 is 2.68 bits per heavy atom. The Morgan fingerprint density at radius 2 is 1.95 bits per heavy atom. The lowest BCUT2D eigenvalue weighted by Crippen LogP contribution is -2.27. The van der Waals surface area contributed by atoms with Gasteiger partial charge in [-0.3, -0.25) is 4.79 Å². The van der Waals surface area contributed by atoms with Gasteiger partial charge < -0.3 is 10.2 Å². The van der Waals surface area contributed by atoms with E-state index < -0.39 is 0 Å². The predicted molar refractivity (Wildman–Crippen MR) is 91.3 cm³/mol. The Balaban J connectivity index is 2.13. The minimum atomic E-state index is 0.0340. The van der Waals surface area contributed by atoms with Gasteiger partial charge in [0.25, 0.3) is 5.91 Å². The molecule has 0 aliphatic carbocycles. The van der Waals surface area contributed by atoms with Crippen molar-refractivity contribution in [1.29, 1.82) is 0 Å². The van der Waals surface area contributed by atoms with Crippen LogP contribution in [0.3, 0.4) is 0 Å². The molecule has 3 nitrogen and oxygen atoms in total. The number of hydrogen-bond acceptors (Lipinski definition) is 2. The van der Waals surface area contributed by atoms with Crippen molar-refractivity contribution in [3.63, 3.8) is 0 Å². The lowest BCUT2D eigenvalue weighted by atomic mass is 10.0. The molecule has 0 aliphatic heterocycles.